The van der Waals surface area contributed by atoms with E-state index in [1.54, 1.807) is 20.4 Å². The second kappa shape index (κ2) is 7.57. The standard InChI is InChI=1S/C13H26N4O2/c1-11(2)8-17-12(15-10-16-17)7-14-9-13(3,18)5-6-19-4/h10-11,14,18H,5-9H2,1-4H3. The summed E-state index contributed by atoms with van der Waals surface area (Å²) in [7, 11) is 1.64. The number of ether oxygens (including phenoxy) is 1. The van der Waals surface area contributed by atoms with Gasteiger partial charge in [-0.2, -0.15) is 5.10 Å². The van der Waals surface area contributed by atoms with E-state index in [1.165, 1.54) is 0 Å². The van der Waals surface area contributed by atoms with Gasteiger partial charge in [0.25, 0.3) is 0 Å². The van der Waals surface area contributed by atoms with Crippen molar-refractivity contribution < 1.29 is 9.84 Å². The molecule has 6 nitrogen and oxygen atoms in total. The zero-order valence-electron chi connectivity index (χ0n) is 12.4. The van der Waals surface area contributed by atoms with Crippen LogP contribution in [0.15, 0.2) is 6.33 Å². The maximum Gasteiger partial charge on any atom is 0.140 e. The Morgan fingerprint density at radius 3 is 2.89 bits per heavy atom. The Morgan fingerprint density at radius 2 is 2.26 bits per heavy atom. The number of aromatic nitrogens is 3. The zero-order chi connectivity index (χ0) is 14.3. The van der Waals surface area contributed by atoms with Crippen molar-refractivity contribution in [3.05, 3.63) is 12.2 Å². The van der Waals surface area contributed by atoms with Gasteiger partial charge in [0.1, 0.15) is 12.2 Å². The Labute approximate surface area is 115 Å². The van der Waals surface area contributed by atoms with E-state index in [2.05, 4.69) is 29.2 Å². The van der Waals surface area contributed by atoms with Gasteiger partial charge in [-0.3, -0.25) is 0 Å². The van der Waals surface area contributed by atoms with E-state index in [0.717, 1.165) is 12.4 Å². The van der Waals surface area contributed by atoms with Crippen LogP contribution in [0.25, 0.3) is 0 Å². The van der Waals surface area contributed by atoms with Crippen LogP contribution in [-0.4, -0.2) is 45.7 Å². The summed E-state index contributed by atoms with van der Waals surface area (Å²) in [5, 5.41) is 17.5. The van der Waals surface area contributed by atoms with Crippen molar-refractivity contribution in [2.24, 2.45) is 5.92 Å². The van der Waals surface area contributed by atoms with Crippen molar-refractivity contribution in [1.82, 2.24) is 20.1 Å². The molecule has 2 N–H and O–H groups in total. The van der Waals surface area contributed by atoms with Gasteiger partial charge < -0.3 is 15.2 Å². The van der Waals surface area contributed by atoms with Crippen LogP contribution in [0.3, 0.4) is 0 Å². The highest BCUT2D eigenvalue weighted by Gasteiger charge is 2.19. The van der Waals surface area contributed by atoms with E-state index in [1.807, 2.05) is 4.68 Å². The third-order valence-electron chi connectivity index (χ3n) is 2.87. The van der Waals surface area contributed by atoms with Crippen LogP contribution in [0.5, 0.6) is 0 Å². The molecule has 0 bridgehead atoms. The Bertz CT molecular complexity index is 363. The van der Waals surface area contributed by atoms with Gasteiger partial charge in [-0.1, -0.05) is 13.8 Å². The van der Waals surface area contributed by atoms with Crippen LogP contribution in [-0.2, 0) is 17.8 Å². The first-order valence-corrected chi connectivity index (χ1v) is 6.73. The number of hydrogen-bond donors (Lipinski definition) is 2. The predicted molar refractivity (Wildman–Crippen MR) is 73.7 cm³/mol. The average molecular weight is 270 g/mol. The van der Waals surface area contributed by atoms with Crippen LogP contribution in [0.1, 0.15) is 33.0 Å². The van der Waals surface area contributed by atoms with Crippen molar-refractivity contribution in [2.45, 2.75) is 45.9 Å². The molecular weight excluding hydrogens is 244 g/mol. The number of hydrogen-bond acceptors (Lipinski definition) is 5. The summed E-state index contributed by atoms with van der Waals surface area (Å²) < 4.78 is 6.88. The minimum absolute atomic E-state index is 0.505. The summed E-state index contributed by atoms with van der Waals surface area (Å²) in [6.07, 6.45) is 2.18. The molecule has 0 radical (unpaired) electrons. The molecule has 1 aromatic rings. The summed E-state index contributed by atoms with van der Waals surface area (Å²) in [6, 6.07) is 0. The monoisotopic (exact) mass is 270 g/mol. The first-order chi connectivity index (χ1) is 8.94. The second-order valence-electron chi connectivity index (χ2n) is 5.60. The van der Waals surface area contributed by atoms with Crippen LogP contribution in [0.2, 0.25) is 0 Å². The smallest absolute Gasteiger partial charge is 0.140 e. The lowest BCUT2D eigenvalue weighted by atomic mass is 10.0. The molecule has 0 aliphatic heterocycles. The summed E-state index contributed by atoms with van der Waals surface area (Å²) in [5.41, 5.74) is -0.765. The first-order valence-electron chi connectivity index (χ1n) is 6.73. The van der Waals surface area contributed by atoms with Gasteiger partial charge in [-0.25, -0.2) is 9.67 Å². The van der Waals surface area contributed by atoms with Gasteiger partial charge in [-0.05, 0) is 12.8 Å². The lowest BCUT2D eigenvalue weighted by Gasteiger charge is -2.23. The Kier molecular flexibility index (Phi) is 6.41. The maximum absolute atomic E-state index is 10.1. The highest BCUT2D eigenvalue weighted by Crippen LogP contribution is 2.08. The molecule has 0 amide bonds. The fraction of sp³-hybridized carbons (Fsp3) is 0.846. The van der Waals surface area contributed by atoms with Crippen molar-refractivity contribution in [3.63, 3.8) is 0 Å². The molecule has 0 saturated carbocycles. The minimum atomic E-state index is -0.765. The molecular formula is C13H26N4O2. The third-order valence-corrected chi connectivity index (χ3v) is 2.87. The predicted octanol–water partition coefficient (Wildman–Crippen LogP) is 0.811. The van der Waals surface area contributed by atoms with Crippen LogP contribution >= 0.6 is 0 Å². The molecule has 110 valence electrons. The molecule has 1 unspecified atom stereocenters. The highest BCUT2D eigenvalue weighted by atomic mass is 16.5. The SMILES string of the molecule is COCCC(C)(O)CNCc1ncnn1CC(C)C. The number of rotatable bonds is 9. The number of nitrogens with one attached hydrogen (secondary N) is 1. The average Bonchev–Trinajstić information content (AvgIpc) is 2.73. The molecule has 1 aromatic heterocycles. The molecule has 0 saturated heterocycles. The van der Waals surface area contributed by atoms with Crippen molar-refractivity contribution >= 4 is 0 Å². The molecule has 1 rings (SSSR count). The van der Waals surface area contributed by atoms with Crippen LogP contribution < -0.4 is 5.32 Å². The molecule has 1 heterocycles. The van der Waals surface area contributed by atoms with E-state index >= 15 is 0 Å². The number of nitrogens with zero attached hydrogens (tertiary/aromatic N) is 3. The molecule has 1 atom stereocenters. The lowest BCUT2D eigenvalue weighted by molar-refractivity contribution is 0.0245. The number of methoxy groups -OCH3 is 1. The summed E-state index contributed by atoms with van der Waals surface area (Å²) in [6.45, 7) is 8.62. The van der Waals surface area contributed by atoms with E-state index < -0.39 is 5.60 Å². The lowest BCUT2D eigenvalue weighted by Crippen LogP contribution is -2.38. The summed E-state index contributed by atoms with van der Waals surface area (Å²) in [5.74, 6) is 1.43. The Balaban J connectivity index is 2.38. The highest BCUT2D eigenvalue weighted by molar-refractivity contribution is 4.85. The quantitative estimate of drug-likeness (QED) is 0.695. The zero-order valence-corrected chi connectivity index (χ0v) is 12.4. The molecule has 0 aromatic carbocycles. The third kappa shape index (κ3) is 6.13. The second-order valence-corrected chi connectivity index (χ2v) is 5.60. The van der Waals surface area contributed by atoms with E-state index in [9.17, 15) is 5.11 Å². The topological polar surface area (TPSA) is 72.2 Å². The molecule has 0 fully saturated rings. The maximum atomic E-state index is 10.1. The van der Waals surface area contributed by atoms with Crippen molar-refractivity contribution in [2.75, 3.05) is 20.3 Å². The van der Waals surface area contributed by atoms with Gasteiger partial charge in [0.15, 0.2) is 0 Å². The first kappa shape index (κ1) is 16.1. The molecule has 0 spiro atoms. The van der Waals surface area contributed by atoms with Crippen molar-refractivity contribution in [3.8, 4) is 0 Å². The van der Waals surface area contributed by atoms with Gasteiger partial charge >= 0.3 is 0 Å². The molecule has 0 aliphatic carbocycles. The van der Waals surface area contributed by atoms with Crippen LogP contribution in [0, 0.1) is 5.92 Å². The van der Waals surface area contributed by atoms with Crippen molar-refractivity contribution in [1.29, 1.82) is 0 Å². The Hall–Kier alpha value is -0.980. The van der Waals surface area contributed by atoms with E-state index in [0.29, 0.717) is 32.0 Å². The normalized spacial score (nSPS) is 14.8. The van der Waals surface area contributed by atoms with Gasteiger partial charge in [-0.15, -0.1) is 0 Å². The van der Waals surface area contributed by atoms with Gasteiger partial charge in [0.05, 0.1) is 12.1 Å². The van der Waals surface area contributed by atoms with Gasteiger partial charge in [0.2, 0.25) is 0 Å². The van der Waals surface area contributed by atoms with Gasteiger partial charge in [0, 0.05) is 33.2 Å². The molecule has 0 aliphatic rings. The van der Waals surface area contributed by atoms with E-state index in [4.69, 9.17) is 4.74 Å². The fourth-order valence-electron chi connectivity index (χ4n) is 1.78. The minimum Gasteiger partial charge on any atom is -0.389 e. The summed E-state index contributed by atoms with van der Waals surface area (Å²) >= 11 is 0. The van der Waals surface area contributed by atoms with E-state index in [-0.39, 0.29) is 0 Å². The number of aliphatic hydroxyl groups is 1. The fourth-order valence-corrected chi connectivity index (χ4v) is 1.78. The molecule has 19 heavy (non-hydrogen) atoms. The largest absolute Gasteiger partial charge is 0.389 e. The van der Waals surface area contributed by atoms with Crippen LogP contribution in [0.4, 0.5) is 0 Å². The summed E-state index contributed by atoms with van der Waals surface area (Å²) in [4.78, 5) is 4.23. The Morgan fingerprint density at radius 1 is 1.53 bits per heavy atom. The molecule has 6 heteroatoms.